The Morgan fingerprint density at radius 3 is 2.67 bits per heavy atom. The minimum absolute atomic E-state index is 0.460. The van der Waals surface area contributed by atoms with Crippen LogP contribution in [-0.4, -0.2) is 10.8 Å². The molecule has 0 aliphatic rings. The standard InChI is InChI=1S/C15H11F2N3S/c1-20-13-4-2-3-5-14(13)21-15(20)19-18-9-10-6-7-11(16)12(17)8-10/h2-9H,1H3/b18-9-,19-15+. The zero-order chi connectivity index (χ0) is 14.8. The third-order valence-electron chi connectivity index (χ3n) is 3.01. The molecule has 0 radical (unpaired) electrons. The van der Waals surface area contributed by atoms with E-state index in [1.807, 2.05) is 35.9 Å². The zero-order valence-electron chi connectivity index (χ0n) is 11.1. The summed E-state index contributed by atoms with van der Waals surface area (Å²) in [6.07, 6.45) is 1.40. The lowest BCUT2D eigenvalue weighted by atomic mass is 10.2. The molecular weight excluding hydrogens is 292 g/mol. The molecule has 0 amide bonds. The van der Waals surface area contributed by atoms with Gasteiger partial charge in [0.05, 0.1) is 16.4 Å². The van der Waals surface area contributed by atoms with Crippen LogP contribution in [0.2, 0.25) is 0 Å². The van der Waals surface area contributed by atoms with Gasteiger partial charge in [0.15, 0.2) is 11.6 Å². The van der Waals surface area contributed by atoms with Crippen molar-refractivity contribution in [3.05, 3.63) is 64.5 Å². The smallest absolute Gasteiger partial charge is 0.211 e. The summed E-state index contributed by atoms with van der Waals surface area (Å²) in [5, 5.41) is 8.06. The molecule has 6 heteroatoms. The summed E-state index contributed by atoms with van der Waals surface area (Å²) in [5.41, 5.74) is 1.53. The van der Waals surface area contributed by atoms with Gasteiger partial charge in [-0.2, -0.15) is 5.10 Å². The van der Waals surface area contributed by atoms with Crippen LogP contribution < -0.4 is 4.80 Å². The van der Waals surface area contributed by atoms with Crippen LogP contribution in [0.15, 0.2) is 52.7 Å². The van der Waals surface area contributed by atoms with Crippen molar-refractivity contribution < 1.29 is 8.78 Å². The highest BCUT2D eigenvalue weighted by Crippen LogP contribution is 2.15. The Hall–Kier alpha value is -2.34. The molecule has 1 aromatic heterocycles. The van der Waals surface area contributed by atoms with Gasteiger partial charge in [-0.3, -0.25) is 0 Å². The summed E-state index contributed by atoms with van der Waals surface area (Å²) < 4.78 is 28.9. The maximum atomic E-state index is 13.1. The molecule has 0 bridgehead atoms. The summed E-state index contributed by atoms with van der Waals surface area (Å²) in [6.45, 7) is 0. The second-order valence-electron chi connectivity index (χ2n) is 4.43. The molecule has 0 atom stereocenters. The van der Waals surface area contributed by atoms with Crippen LogP contribution in [-0.2, 0) is 7.05 Å². The highest BCUT2D eigenvalue weighted by Gasteiger charge is 2.01. The minimum Gasteiger partial charge on any atom is -0.318 e. The lowest BCUT2D eigenvalue weighted by molar-refractivity contribution is 0.508. The molecule has 0 fully saturated rings. The third-order valence-corrected chi connectivity index (χ3v) is 4.11. The Labute approximate surface area is 123 Å². The topological polar surface area (TPSA) is 29.6 Å². The molecule has 0 aliphatic carbocycles. The van der Waals surface area contributed by atoms with E-state index in [1.54, 1.807) is 0 Å². The summed E-state index contributed by atoms with van der Waals surface area (Å²) in [6, 6.07) is 11.5. The van der Waals surface area contributed by atoms with Crippen LogP contribution in [0.5, 0.6) is 0 Å². The van der Waals surface area contributed by atoms with Gasteiger partial charge in [0.1, 0.15) is 0 Å². The normalized spacial score (nSPS) is 12.6. The van der Waals surface area contributed by atoms with E-state index in [-0.39, 0.29) is 0 Å². The van der Waals surface area contributed by atoms with Crippen molar-refractivity contribution in [1.82, 2.24) is 4.57 Å². The summed E-state index contributed by atoms with van der Waals surface area (Å²) in [5.74, 6) is -1.77. The van der Waals surface area contributed by atoms with Crippen molar-refractivity contribution >= 4 is 27.8 Å². The molecule has 0 aliphatic heterocycles. The number of thiazole rings is 1. The van der Waals surface area contributed by atoms with E-state index >= 15 is 0 Å². The number of fused-ring (bicyclic) bond motifs is 1. The molecule has 0 unspecified atom stereocenters. The number of aryl methyl sites for hydroxylation is 1. The van der Waals surface area contributed by atoms with Crippen molar-refractivity contribution in [2.75, 3.05) is 0 Å². The first kappa shape index (κ1) is 13.6. The average Bonchev–Trinajstić information content (AvgIpc) is 2.80. The first-order valence-corrected chi connectivity index (χ1v) is 7.03. The van der Waals surface area contributed by atoms with Crippen LogP contribution >= 0.6 is 11.3 Å². The van der Waals surface area contributed by atoms with Gasteiger partial charge in [0.2, 0.25) is 4.80 Å². The van der Waals surface area contributed by atoms with Gasteiger partial charge in [-0.25, -0.2) is 8.78 Å². The quantitative estimate of drug-likeness (QED) is 0.513. The van der Waals surface area contributed by atoms with Crippen LogP contribution in [0, 0.1) is 11.6 Å². The van der Waals surface area contributed by atoms with E-state index in [0.29, 0.717) is 5.56 Å². The van der Waals surface area contributed by atoms with E-state index in [1.165, 1.54) is 23.6 Å². The van der Waals surface area contributed by atoms with Crippen molar-refractivity contribution in [1.29, 1.82) is 0 Å². The SMILES string of the molecule is Cn1/c(=N\N=C/c2ccc(F)c(F)c2)sc2ccccc21. The third kappa shape index (κ3) is 2.75. The molecule has 2 aromatic carbocycles. The van der Waals surface area contributed by atoms with E-state index in [4.69, 9.17) is 0 Å². The molecule has 3 rings (SSSR count). The maximum absolute atomic E-state index is 13.1. The number of rotatable bonds is 2. The predicted octanol–water partition coefficient (Wildman–Crippen LogP) is 3.45. The molecular formula is C15H11F2N3S. The Bertz CT molecular complexity index is 893. The number of hydrogen-bond donors (Lipinski definition) is 0. The molecule has 3 aromatic rings. The molecule has 21 heavy (non-hydrogen) atoms. The van der Waals surface area contributed by atoms with Crippen molar-refractivity contribution in [3.63, 3.8) is 0 Å². The van der Waals surface area contributed by atoms with Gasteiger partial charge in [-0.1, -0.05) is 29.5 Å². The van der Waals surface area contributed by atoms with Crippen LogP contribution in [0.3, 0.4) is 0 Å². The second kappa shape index (κ2) is 5.57. The van der Waals surface area contributed by atoms with E-state index in [9.17, 15) is 8.78 Å². The van der Waals surface area contributed by atoms with Crippen molar-refractivity contribution in [2.45, 2.75) is 0 Å². The number of hydrogen-bond acceptors (Lipinski definition) is 3. The fraction of sp³-hybridized carbons (Fsp3) is 0.0667. The van der Waals surface area contributed by atoms with Gasteiger partial charge in [-0.05, 0) is 29.8 Å². The number of halogens is 2. The largest absolute Gasteiger partial charge is 0.318 e. The number of aromatic nitrogens is 1. The van der Waals surface area contributed by atoms with Crippen LogP contribution in [0.4, 0.5) is 8.78 Å². The van der Waals surface area contributed by atoms with Gasteiger partial charge in [0.25, 0.3) is 0 Å². The van der Waals surface area contributed by atoms with Gasteiger partial charge < -0.3 is 4.57 Å². The van der Waals surface area contributed by atoms with Gasteiger partial charge in [0, 0.05) is 7.05 Å². The number of benzene rings is 2. The first-order chi connectivity index (χ1) is 10.1. The lowest BCUT2D eigenvalue weighted by Gasteiger charge is -1.94. The number of para-hydroxylation sites is 1. The van der Waals surface area contributed by atoms with Gasteiger partial charge >= 0.3 is 0 Å². The molecule has 3 nitrogen and oxygen atoms in total. The fourth-order valence-electron chi connectivity index (χ4n) is 1.92. The van der Waals surface area contributed by atoms with E-state index < -0.39 is 11.6 Å². The minimum atomic E-state index is -0.897. The Morgan fingerprint density at radius 1 is 1.10 bits per heavy atom. The Kier molecular flexibility index (Phi) is 3.62. The van der Waals surface area contributed by atoms with Crippen molar-refractivity contribution in [3.8, 4) is 0 Å². The maximum Gasteiger partial charge on any atom is 0.211 e. The molecule has 0 saturated heterocycles. The predicted molar refractivity (Wildman–Crippen MR) is 80.3 cm³/mol. The van der Waals surface area contributed by atoms with E-state index in [0.717, 1.165) is 27.2 Å². The molecule has 0 saturated carbocycles. The van der Waals surface area contributed by atoms with E-state index in [2.05, 4.69) is 10.2 Å². The fourth-order valence-corrected chi connectivity index (χ4v) is 2.89. The lowest BCUT2D eigenvalue weighted by Crippen LogP contribution is -2.08. The zero-order valence-corrected chi connectivity index (χ0v) is 11.9. The summed E-state index contributed by atoms with van der Waals surface area (Å²) in [4.78, 5) is 0.732. The molecule has 106 valence electrons. The average molecular weight is 303 g/mol. The summed E-state index contributed by atoms with van der Waals surface area (Å²) >= 11 is 1.51. The van der Waals surface area contributed by atoms with Crippen LogP contribution in [0.1, 0.15) is 5.56 Å². The molecule has 1 heterocycles. The molecule has 0 N–H and O–H groups in total. The van der Waals surface area contributed by atoms with Crippen LogP contribution in [0.25, 0.3) is 10.2 Å². The highest BCUT2D eigenvalue weighted by atomic mass is 32.1. The second-order valence-corrected chi connectivity index (χ2v) is 5.44. The highest BCUT2D eigenvalue weighted by molar-refractivity contribution is 7.16. The monoisotopic (exact) mass is 303 g/mol. The molecule has 0 spiro atoms. The van der Waals surface area contributed by atoms with Crippen molar-refractivity contribution in [2.24, 2.45) is 17.3 Å². The summed E-state index contributed by atoms with van der Waals surface area (Å²) in [7, 11) is 1.91. The Morgan fingerprint density at radius 2 is 1.90 bits per heavy atom. The first-order valence-electron chi connectivity index (χ1n) is 6.22. The van der Waals surface area contributed by atoms with Gasteiger partial charge in [-0.15, -0.1) is 5.10 Å². The Balaban J connectivity index is 1.95. The number of nitrogens with zero attached hydrogens (tertiary/aromatic N) is 3.